The molecule has 0 unspecified atom stereocenters. The summed E-state index contributed by atoms with van der Waals surface area (Å²) in [7, 11) is 0. The quantitative estimate of drug-likeness (QED) is 0.572. The summed E-state index contributed by atoms with van der Waals surface area (Å²) in [6, 6.07) is 10.8. The molecule has 0 aliphatic carbocycles. The second kappa shape index (κ2) is 7.08. The molecule has 112 valence electrons. The standard InChI is InChI=1S/C16H13BrCl2F2/c17-13-3-6-15(21)11(7-13)8-16(9-18,10-19)12-1-4-14(20)5-2-12/h1-7H,8-10H2. The van der Waals surface area contributed by atoms with Gasteiger partial charge in [-0.05, 0) is 47.9 Å². The van der Waals surface area contributed by atoms with Crippen LogP contribution in [0.5, 0.6) is 0 Å². The van der Waals surface area contributed by atoms with Crippen molar-refractivity contribution in [3.05, 3.63) is 69.7 Å². The normalized spacial score (nSPS) is 11.7. The van der Waals surface area contributed by atoms with E-state index in [1.807, 2.05) is 0 Å². The lowest BCUT2D eigenvalue weighted by molar-refractivity contribution is 0.510. The van der Waals surface area contributed by atoms with Crippen molar-refractivity contribution < 1.29 is 8.78 Å². The molecule has 0 bridgehead atoms. The van der Waals surface area contributed by atoms with Crippen LogP contribution >= 0.6 is 39.1 Å². The summed E-state index contributed by atoms with van der Waals surface area (Å²) in [5.41, 5.74) is 0.682. The second-order valence-corrected chi connectivity index (χ2v) is 6.42. The van der Waals surface area contributed by atoms with Gasteiger partial charge in [-0.15, -0.1) is 23.2 Å². The molecule has 0 aliphatic rings. The molecule has 0 amide bonds. The minimum absolute atomic E-state index is 0.216. The average Bonchev–Trinajstić information content (AvgIpc) is 2.49. The number of alkyl halides is 2. The van der Waals surface area contributed by atoms with Gasteiger partial charge in [-0.3, -0.25) is 0 Å². The zero-order chi connectivity index (χ0) is 15.5. The van der Waals surface area contributed by atoms with Crippen molar-refractivity contribution in [2.75, 3.05) is 11.8 Å². The molecule has 5 heteroatoms. The van der Waals surface area contributed by atoms with Gasteiger partial charge in [0.05, 0.1) is 0 Å². The van der Waals surface area contributed by atoms with E-state index in [-0.39, 0.29) is 23.4 Å². The van der Waals surface area contributed by atoms with Crippen molar-refractivity contribution in [1.29, 1.82) is 0 Å². The summed E-state index contributed by atoms with van der Waals surface area (Å²) in [6.45, 7) is 0. The van der Waals surface area contributed by atoms with Crippen LogP contribution in [0.1, 0.15) is 11.1 Å². The summed E-state index contributed by atoms with van der Waals surface area (Å²) in [5.74, 6) is -0.201. The Morgan fingerprint density at radius 3 is 2.14 bits per heavy atom. The third-order valence-electron chi connectivity index (χ3n) is 3.50. The highest BCUT2D eigenvalue weighted by molar-refractivity contribution is 9.10. The monoisotopic (exact) mass is 392 g/mol. The summed E-state index contributed by atoms with van der Waals surface area (Å²) in [5, 5.41) is 0. The van der Waals surface area contributed by atoms with Crippen molar-refractivity contribution in [3.63, 3.8) is 0 Å². The van der Waals surface area contributed by atoms with Gasteiger partial charge in [0.25, 0.3) is 0 Å². The van der Waals surface area contributed by atoms with Crippen LogP contribution in [0.15, 0.2) is 46.9 Å². The predicted octanol–water partition coefficient (Wildman–Crippen LogP) is 5.69. The molecule has 0 nitrogen and oxygen atoms in total. The molecule has 0 N–H and O–H groups in total. The Kier molecular flexibility index (Phi) is 5.64. The lowest BCUT2D eigenvalue weighted by Gasteiger charge is -2.30. The first-order valence-corrected chi connectivity index (χ1v) is 8.19. The zero-order valence-corrected chi connectivity index (χ0v) is 14.2. The van der Waals surface area contributed by atoms with E-state index in [1.165, 1.54) is 18.2 Å². The largest absolute Gasteiger partial charge is 0.207 e. The summed E-state index contributed by atoms with van der Waals surface area (Å²) < 4.78 is 27.9. The number of hydrogen-bond acceptors (Lipinski definition) is 0. The maximum atomic E-state index is 14.0. The fourth-order valence-electron chi connectivity index (χ4n) is 2.23. The third kappa shape index (κ3) is 3.77. The van der Waals surface area contributed by atoms with Crippen molar-refractivity contribution >= 4 is 39.1 Å². The van der Waals surface area contributed by atoms with Gasteiger partial charge in [0.15, 0.2) is 0 Å². The maximum absolute atomic E-state index is 14.0. The van der Waals surface area contributed by atoms with Crippen LogP contribution in [0.2, 0.25) is 0 Å². The van der Waals surface area contributed by atoms with Crippen LogP contribution < -0.4 is 0 Å². The van der Waals surface area contributed by atoms with Crippen LogP contribution in [-0.2, 0) is 11.8 Å². The first-order chi connectivity index (χ1) is 10.0. The molecule has 0 aliphatic heterocycles. The molecule has 0 saturated heterocycles. The third-order valence-corrected chi connectivity index (χ3v) is 5.02. The van der Waals surface area contributed by atoms with Gasteiger partial charge in [0, 0.05) is 21.6 Å². The van der Waals surface area contributed by atoms with E-state index in [1.54, 1.807) is 24.3 Å². The molecule has 21 heavy (non-hydrogen) atoms. The van der Waals surface area contributed by atoms with Gasteiger partial charge in [-0.1, -0.05) is 28.1 Å². The molecule has 0 radical (unpaired) electrons. The van der Waals surface area contributed by atoms with E-state index in [4.69, 9.17) is 23.2 Å². The number of halogens is 5. The van der Waals surface area contributed by atoms with Gasteiger partial charge in [0.1, 0.15) is 11.6 Å². The Hall–Kier alpha value is -0.640. The van der Waals surface area contributed by atoms with Crippen molar-refractivity contribution in [1.82, 2.24) is 0 Å². The van der Waals surface area contributed by atoms with Crippen LogP contribution in [0.3, 0.4) is 0 Å². The topological polar surface area (TPSA) is 0 Å². The molecule has 0 heterocycles. The van der Waals surface area contributed by atoms with Crippen molar-refractivity contribution in [2.45, 2.75) is 11.8 Å². The minimum atomic E-state index is -0.640. The number of rotatable bonds is 5. The molecular weight excluding hydrogens is 381 g/mol. The van der Waals surface area contributed by atoms with Gasteiger partial charge >= 0.3 is 0 Å². The van der Waals surface area contributed by atoms with Gasteiger partial charge < -0.3 is 0 Å². The van der Waals surface area contributed by atoms with Gasteiger partial charge in [0.2, 0.25) is 0 Å². The Bertz CT molecular complexity index is 610. The molecule has 0 atom stereocenters. The first-order valence-electron chi connectivity index (χ1n) is 6.33. The number of hydrogen-bond donors (Lipinski definition) is 0. The Labute approximate surface area is 141 Å². The van der Waals surface area contributed by atoms with E-state index in [9.17, 15) is 8.78 Å². The molecule has 0 aromatic heterocycles. The lowest BCUT2D eigenvalue weighted by Crippen LogP contribution is -2.33. The lowest BCUT2D eigenvalue weighted by atomic mass is 9.78. The Morgan fingerprint density at radius 2 is 1.57 bits per heavy atom. The summed E-state index contributed by atoms with van der Waals surface area (Å²) in [4.78, 5) is 0. The molecule has 0 fully saturated rings. The molecule has 0 saturated carbocycles. The fraction of sp³-hybridized carbons (Fsp3) is 0.250. The highest BCUT2D eigenvalue weighted by Gasteiger charge is 2.32. The zero-order valence-electron chi connectivity index (χ0n) is 11.1. The van der Waals surface area contributed by atoms with Crippen LogP contribution in [-0.4, -0.2) is 11.8 Å². The van der Waals surface area contributed by atoms with E-state index in [0.717, 1.165) is 10.0 Å². The summed E-state index contributed by atoms with van der Waals surface area (Å²) >= 11 is 15.6. The molecule has 0 spiro atoms. The van der Waals surface area contributed by atoms with Crippen molar-refractivity contribution in [3.8, 4) is 0 Å². The molecule has 2 rings (SSSR count). The summed E-state index contributed by atoms with van der Waals surface area (Å²) in [6.07, 6.45) is 0.344. The number of benzene rings is 2. The smallest absolute Gasteiger partial charge is 0.126 e. The highest BCUT2D eigenvalue weighted by atomic mass is 79.9. The minimum Gasteiger partial charge on any atom is -0.207 e. The highest BCUT2D eigenvalue weighted by Crippen LogP contribution is 2.33. The van der Waals surface area contributed by atoms with E-state index < -0.39 is 5.41 Å². The van der Waals surface area contributed by atoms with Crippen molar-refractivity contribution in [2.24, 2.45) is 0 Å². The SMILES string of the molecule is Fc1ccc(C(CCl)(CCl)Cc2cc(Br)ccc2F)cc1. The van der Waals surface area contributed by atoms with E-state index >= 15 is 0 Å². The average molecular weight is 394 g/mol. The maximum Gasteiger partial charge on any atom is 0.126 e. The molecular formula is C16H13BrCl2F2. The Balaban J connectivity index is 2.42. The molecule has 2 aromatic carbocycles. The van der Waals surface area contributed by atoms with Crippen LogP contribution in [0.4, 0.5) is 8.78 Å². The van der Waals surface area contributed by atoms with E-state index in [2.05, 4.69) is 15.9 Å². The van der Waals surface area contributed by atoms with Gasteiger partial charge in [-0.25, -0.2) is 8.78 Å². The Morgan fingerprint density at radius 1 is 0.952 bits per heavy atom. The second-order valence-electron chi connectivity index (χ2n) is 4.97. The molecule has 2 aromatic rings. The first kappa shape index (κ1) is 16.7. The van der Waals surface area contributed by atoms with E-state index in [0.29, 0.717) is 12.0 Å². The van der Waals surface area contributed by atoms with Gasteiger partial charge in [-0.2, -0.15) is 0 Å². The predicted molar refractivity (Wildman–Crippen MR) is 87.3 cm³/mol. The van der Waals surface area contributed by atoms with Crippen LogP contribution in [0, 0.1) is 11.6 Å². The fourth-order valence-corrected chi connectivity index (χ4v) is 3.43. The van der Waals surface area contributed by atoms with Crippen LogP contribution in [0.25, 0.3) is 0 Å².